The summed E-state index contributed by atoms with van der Waals surface area (Å²) in [5, 5.41) is 4.66. The van der Waals surface area contributed by atoms with Crippen LogP contribution in [0.3, 0.4) is 0 Å². The van der Waals surface area contributed by atoms with Gasteiger partial charge in [-0.1, -0.05) is 32.7 Å². The average Bonchev–Trinajstić information content (AvgIpc) is 3.04. The van der Waals surface area contributed by atoms with Crippen molar-refractivity contribution in [3.8, 4) is 11.5 Å². The van der Waals surface area contributed by atoms with E-state index in [1.807, 2.05) is 24.3 Å². The largest absolute Gasteiger partial charge is 0.351 e. The van der Waals surface area contributed by atoms with Gasteiger partial charge in [-0.15, -0.1) is 0 Å². The maximum absolute atomic E-state index is 6.42. The second-order valence-corrected chi connectivity index (χ2v) is 6.94. The van der Waals surface area contributed by atoms with E-state index in [-0.39, 0.29) is 0 Å². The van der Waals surface area contributed by atoms with E-state index in [0.29, 0.717) is 18.3 Å². The SMILES string of the molecule is Cc1noc(-c2cccnc2N2CCc3c(Br)ccc(Cl)c3C2)n1. The number of hydrogen-bond donors (Lipinski definition) is 0. The summed E-state index contributed by atoms with van der Waals surface area (Å²) in [5.41, 5.74) is 3.24. The number of halogens is 2. The minimum atomic E-state index is 0.488. The molecule has 0 N–H and O–H groups in total. The lowest BCUT2D eigenvalue weighted by Crippen LogP contribution is -2.32. The molecule has 7 heteroatoms. The van der Waals surface area contributed by atoms with Crippen LogP contribution < -0.4 is 4.90 Å². The monoisotopic (exact) mass is 404 g/mol. The summed E-state index contributed by atoms with van der Waals surface area (Å²) in [6, 6.07) is 7.76. The summed E-state index contributed by atoms with van der Waals surface area (Å²) in [6.45, 7) is 3.35. The van der Waals surface area contributed by atoms with E-state index >= 15 is 0 Å². The van der Waals surface area contributed by atoms with Gasteiger partial charge in [-0.3, -0.25) is 0 Å². The molecule has 4 rings (SSSR count). The second kappa shape index (κ2) is 6.18. The third-order valence-electron chi connectivity index (χ3n) is 4.14. The Balaban J connectivity index is 1.75. The van der Waals surface area contributed by atoms with Crippen molar-refractivity contribution in [2.75, 3.05) is 11.4 Å². The highest BCUT2D eigenvalue weighted by atomic mass is 79.9. The first-order valence-corrected chi connectivity index (χ1v) is 8.77. The zero-order chi connectivity index (χ0) is 16.7. The fourth-order valence-corrected chi connectivity index (χ4v) is 3.80. The van der Waals surface area contributed by atoms with Crippen molar-refractivity contribution in [2.45, 2.75) is 19.9 Å². The predicted molar refractivity (Wildman–Crippen MR) is 96.2 cm³/mol. The topological polar surface area (TPSA) is 55.1 Å². The van der Waals surface area contributed by atoms with Crippen molar-refractivity contribution >= 4 is 33.3 Å². The van der Waals surface area contributed by atoms with Gasteiger partial charge in [-0.25, -0.2) is 4.98 Å². The molecule has 1 aliphatic heterocycles. The molecule has 3 aromatic rings. The smallest absolute Gasteiger partial charge is 0.261 e. The zero-order valence-electron chi connectivity index (χ0n) is 13.0. The van der Waals surface area contributed by atoms with Crippen LogP contribution in [0, 0.1) is 6.92 Å². The van der Waals surface area contributed by atoms with Gasteiger partial charge in [0.15, 0.2) is 5.82 Å². The lowest BCUT2D eigenvalue weighted by atomic mass is 9.99. The highest BCUT2D eigenvalue weighted by Gasteiger charge is 2.24. The Labute approximate surface area is 152 Å². The Morgan fingerprint density at radius 2 is 2.12 bits per heavy atom. The van der Waals surface area contributed by atoms with Gasteiger partial charge in [0.05, 0.1) is 5.56 Å². The molecular weight excluding hydrogens is 392 g/mol. The molecule has 1 aliphatic rings. The van der Waals surface area contributed by atoms with Crippen molar-refractivity contribution in [1.82, 2.24) is 15.1 Å². The molecule has 0 fully saturated rings. The van der Waals surface area contributed by atoms with Gasteiger partial charge in [0, 0.05) is 28.8 Å². The minimum absolute atomic E-state index is 0.488. The van der Waals surface area contributed by atoms with Gasteiger partial charge in [-0.05, 0) is 48.7 Å². The number of aryl methyl sites for hydroxylation is 1. The lowest BCUT2D eigenvalue weighted by molar-refractivity contribution is 0.425. The van der Waals surface area contributed by atoms with Gasteiger partial charge in [-0.2, -0.15) is 4.98 Å². The van der Waals surface area contributed by atoms with Crippen LogP contribution in [0.25, 0.3) is 11.5 Å². The van der Waals surface area contributed by atoms with Gasteiger partial charge < -0.3 is 9.42 Å². The molecule has 0 spiro atoms. The number of aromatic nitrogens is 3. The molecule has 24 heavy (non-hydrogen) atoms. The summed E-state index contributed by atoms with van der Waals surface area (Å²) >= 11 is 10.0. The quantitative estimate of drug-likeness (QED) is 0.632. The Morgan fingerprint density at radius 1 is 1.25 bits per heavy atom. The molecule has 0 atom stereocenters. The maximum atomic E-state index is 6.42. The van der Waals surface area contributed by atoms with Crippen LogP contribution in [0.15, 0.2) is 39.5 Å². The number of fused-ring (bicyclic) bond motifs is 1. The summed E-state index contributed by atoms with van der Waals surface area (Å²) in [5.74, 6) is 1.93. The van der Waals surface area contributed by atoms with Crippen LogP contribution in [-0.2, 0) is 13.0 Å². The first-order valence-electron chi connectivity index (χ1n) is 7.60. The summed E-state index contributed by atoms with van der Waals surface area (Å²) in [4.78, 5) is 11.1. The fraction of sp³-hybridized carbons (Fsp3) is 0.235. The van der Waals surface area contributed by atoms with E-state index < -0.39 is 0 Å². The Hall–Kier alpha value is -1.92. The number of benzene rings is 1. The molecule has 0 saturated heterocycles. The number of rotatable bonds is 2. The molecule has 1 aromatic carbocycles. The standard InChI is InChI=1S/C17H14BrClN4O/c1-10-21-17(24-22-10)12-3-2-7-20-16(12)23-8-6-11-13(9-23)15(19)5-4-14(11)18/h2-5,7H,6,8-9H2,1H3. The molecule has 0 radical (unpaired) electrons. The van der Waals surface area contributed by atoms with Crippen molar-refractivity contribution in [3.05, 3.63) is 56.9 Å². The Kier molecular flexibility index (Phi) is 4.02. The van der Waals surface area contributed by atoms with Crippen molar-refractivity contribution in [1.29, 1.82) is 0 Å². The van der Waals surface area contributed by atoms with Crippen LogP contribution in [0.2, 0.25) is 5.02 Å². The predicted octanol–water partition coefficient (Wildman–Crippen LogP) is 4.42. The van der Waals surface area contributed by atoms with Gasteiger partial charge in [0.2, 0.25) is 0 Å². The molecule has 0 saturated carbocycles. The van der Waals surface area contributed by atoms with E-state index in [0.717, 1.165) is 39.4 Å². The van der Waals surface area contributed by atoms with Gasteiger partial charge >= 0.3 is 0 Å². The minimum Gasteiger partial charge on any atom is -0.351 e. The normalized spacial score (nSPS) is 13.9. The first-order chi connectivity index (χ1) is 11.6. The molecule has 122 valence electrons. The number of nitrogens with zero attached hydrogens (tertiary/aromatic N) is 4. The number of hydrogen-bond acceptors (Lipinski definition) is 5. The lowest BCUT2D eigenvalue weighted by Gasteiger charge is -2.31. The van der Waals surface area contributed by atoms with E-state index in [9.17, 15) is 0 Å². The van der Waals surface area contributed by atoms with E-state index in [1.165, 1.54) is 5.56 Å². The molecular formula is C17H14BrClN4O. The maximum Gasteiger partial charge on any atom is 0.261 e. The van der Waals surface area contributed by atoms with Crippen LogP contribution in [0.4, 0.5) is 5.82 Å². The van der Waals surface area contributed by atoms with Crippen molar-refractivity contribution in [3.63, 3.8) is 0 Å². The van der Waals surface area contributed by atoms with Crippen LogP contribution in [-0.4, -0.2) is 21.7 Å². The number of anilines is 1. The summed E-state index contributed by atoms with van der Waals surface area (Å²) in [6.07, 6.45) is 2.68. The molecule has 3 heterocycles. The highest BCUT2D eigenvalue weighted by molar-refractivity contribution is 9.10. The average molecular weight is 406 g/mol. The fourth-order valence-electron chi connectivity index (χ4n) is 3.00. The van der Waals surface area contributed by atoms with E-state index in [1.54, 1.807) is 13.1 Å². The van der Waals surface area contributed by atoms with E-state index in [4.69, 9.17) is 16.1 Å². The van der Waals surface area contributed by atoms with E-state index in [2.05, 4.69) is 36.0 Å². The van der Waals surface area contributed by atoms with Gasteiger partial charge in [0.25, 0.3) is 5.89 Å². The molecule has 5 nitrogen and oxygen atoms in total. The second-order valence-electron chi connectivity index (χ2n) is 5.68. The summed E-state index contributed by atoms with van der Waals surface area (Å²) in [7, 11) is 0. The summed E-state index contributed by atoms with van der Waals surface area (Å²) < 4.78 is 6.44. The third kappa shape index (κ3) is 2.70. The molecule has 0 unspecified atom stereocenters. The molecule has 0 bridgehead atoms. The van der Waals surface area contributed by atoms with Crippen molar-refractivity contribution < 1.29 is 4.52 Å². The van der Waals surface area contributed by atoms with Gasteiger partial charge in [0.1, 0.15) is 5.82 Å². The zero-order valence-corrected chi connectivity index (χ0v) is 15.3. The Morgan fingerprint density at radius 3 is 2.92 bits per heavy atom. The van der Waals surface area contributed by atoms with Crippen molar-refractivity contribution in [2.24, 2.45) is 0 Å². The molecule has 2 aromatic heterocycles. The molecule has 0 amide bonds. The van der Waals surface area contributed by atoms with Crippen LogP contribution in [0.5, 0.6) is 0 Å². The molecule has 0 aliphatic carbocycles. The highest BCUT2D eigenvalue weighted by Crippen LogP contribution is 2.36. The Bertz CT molecular complexity index is 911. The first kappa shape index (κ1) is 15.6. The van der Waals surface area contributed by atoms with Crippen LogP contribution in [0.1, 0.15) is 17.0 Å². The number of pyridine rings is 1. The third-order valence-corrected chi connectivity index (χ3v) is 5.24. The van der Waals surface area contributed by atoms with Crippen LogP contribution >= 0.6 is 27.5 Å².